The third-order valence-electron chi connectivity index (χ3n) is 5.41. The summed E-state index contributed by atoms with van der Waals surface area (Å²) >= 11 is 0. The van der Waals surface area contributed by atoms with E-state index >= 15 is 0 Å². The number of hydrogen-bond acceptors (Lipinski definition) is 8. The minimum Gasteiger partial charge on any atom is -0.493 e. The van der Waals surface area contributed by atoms with Crippen LogP contribution in [-0.2, 0) is 6.54 Å². The van der Waals surface area contributed by atoms with Crippen molar-refractivity contribution in [3.8, 4) is 23.0 Å². The summed E-state index contributed by atoms with van der Waals surface area (Å²) < 4.78 is 15.9. The number of fused-ring (bicyclic) bond motifs is 2. The smallest absolute Gasteiger partial charge is 0.347 e. The largest absolute Gasteiger partial charge is 0.493 e. The van der Waals surface area contributed by atoms with E-state index in [2.05, 4.69) is 9.97 Å². The van der Waals surface area contributed by atoms with Crippen LogP contribution in [0.25, 0.3) is 22.4 Å². The Morgan fingerprint density at radius 1 is 0.939 bits per heavy atom. The fourth-order valence-electron chi connectivity index (χ4n) is 3.76. The van der Waals surface area contributed by atoms with Crippen molar-refractivity contribution in [1.29, 1.82) is 0 Å². The SMILES string of the molecule is COc1cc2nc(-c3ccc4c(c3)C(=O)N(Cc3cccnc3)C4=O)oc(=O)c2cc1OC. The summed E-state index contributed by atoms with van der Waals surface area (Å²) in [4.78, 5) is 48.0. The second-order valence-electron chi connectivity index (χ2n) is 7.35. The molecule has 5 rings (SSSR count). The average Bonchev–Trinajstić information content (AvgIpc) is 3.08. The number of rotatable bonds is 5. The Morgan fingerprint density at radius 3 is 2.42 bits per heavy atom. The molecule has 0 spiro atoms. The zero-order valence-corrected chi connectivity index (χ0v) is 17.7. The second-order valence-corrected chi connectivity index (χ2v) is 7.35. The molecule has 3 heterocycles. The number of aromatic nitrogens is 2. The van der Waals surface area contributed by atoms with E-state index < -0.39 is 17.4 Å². The Labute approximate surface area is 187 Å². The summed E-state index contributed by atoms with van der Waals surface area (Å²) in [6, 6.07) is 11.2. The van der Waals surface area contributed by atoms with E-state index in [1.165, 1.54) is 32.4 Å². The number of hydrogen-bond donors (Lipinski definition) is 0. The van der Waals surface area contributed by atoms with Gasteiger partial charge in [-0.3, -0.25) is 19.5 Å². The van der Waals surface area contributed by atoms with Crippen LogP contribution >= 0.6 is 0 Å². The number of carbonyl (C=O) groups excluding carboxylic acids is 2. The molecule has 164 valence electrons. The molecule has 1 aliphatic rings. The number of carbonyl (C=O) groups is 2. The van der Waals surface area contributed by atoms with Gasteiger partial charge in [0.1, 0.15) is 0 Å². The predicted octanol–water partition coefficient (Wildman–Crippen LogP) is 3.06. The first-order chi connectivity index (χ1) is 16.0. The molecule has 9 nitrogen and oxygen atoms in total. The summed E-state index contributed by atoms with van der Waals surface area (Å²) in [5, 5.41) is 0.228. The Balaban J connectivity index is 1.55. The molecule has 0 N–H and O–H groups in total. The summed E-state index contributed by atoms with van der Waals surface area (Å²) in [5.74, 6) is -0.0177. The van der Waals surface area contributed by atoms with Crippen molar-refractivity contribution in [3.05, 3.63) is 82.0 Å². The van der Waals surface area contributed by atoms with E-state index in [4.69, 9.17) is 13.9 Å². The first kappa shape index (κ1) is 20.4. The van der Waals surface area contributed by atoms with Crippen LogP contribution < -0.4 is 15.1 Å². The first-order valence-electron chi connectivity index (χ1n) is 9.96. The van der Waals surface area contributed by atoms with Crippen LogP contribution in [0.4, 0.5) is 0 Å². The molecule has 0 saturated carbocycles. The normalized spacial score (nSPS) is 12.8. The molecular formula is C24H17N3O6. The van der Waals surface area contributed by atoms with Gasteiger partial charge in [0.2, 0.25) is 5.89 Å². The molecule has 33 heavy (non-hydrogen) atoms. The van der Waals surface area contributed by atoms with Gasteiger partial charge in [-0.1, -0.05) is 6.07 Å². The van der Waals surface area contributed by atoms with Gasteiger partial charge in [0.05, 0.1) is 42.8 Å². The molecule has 2 amide bonds. The number of amides is 2. The molecule has 2 aromatic heterocycles. The molecule has 2 aromatic carbocycles. The van der Waals surface area contributed by atoms with Crippen LogP contribution in [0, 0.1) is 0 Å². The van der Waals surface area contributed by atoms with Crippen LogP contribution in [0.1, 0.15) is 26.3 Å². The van der Waals surface area contributed by atoms with Gasteiger partial charge in [-0.25, -0.2) is 9.78 Å². The van der Waals surface area contributed by atoms with Crippen LogP contribution in [0.3, 0.4) is 0 Å². The lowest BCUT2D eigenvalue weighted by atomic mass is 10.1. The summed E-state index contributed by atoms with van der Waals surface area (Å²) in [7, 11) is 2.95. The van der Waals surface area contributed by atoms with Crippen LogP contribution in [-0.4, -0.2) is 40.9 Å². The van der Waals surface area contributed by atoms with Gasteiger partial charge < -0.3 is 13.9 Å². The van der Waals surface area contributed by atoms with Gasteiger partial charge >= 0.3 is 5.63 Å². The Kier molecular flexibility index (Phi) is 4.86. The average molecular weight is 443 g/mol. The Morgan fingerprint density at radius 2 is 1.70 bits per heavy atom. The van der Waals surface area contributed by atoms with E-state index in [1.807, 2.05) is 0 Å². The second kappa shape index (κ2) is 7.86. The maximum Gasteiger partial charge on any atom is 0.347 e. The number of ether oxygens (including phenoxy) is 2. The highest BCUT2D eigenvalue weighted by Crippen LogP contribution is 2.32. The standard InChI is InChI=1S/C24H17N3O6/c1-31-19-9-17-18(10-20(19)32-2)26-21(33-24(17)30)14-5-6-15-16(8-14)23(29)27(22(15)28)12-13-4-3-7-25-11-13/h3-11H,12H2,1-2H3. The molecule has 0 saturated heterocycles. The van der Waals surface area contributed by atoms with Gasteiger partial charge in [-0.15, -0.1) is 0 Å². The zero-order valence-electron chi connectivity index (χ0n) is 17.7. The molecule has 1 aliphatic heterocycles. The summed E-state index contributed by atoms with van der Waals surface area (Å²) in [6.45, 7) is 0.112. The maximum absolute atomic E-state index is 13.0. The first-order valence-corrected chi connectivity index (χ1v) is 9.96. The monoisotopic (exact) mass is 443 g/mol. The van der Waals surface area contributed by atoms with E-state index in [0.717, 1.165) is 10.5 Å². The van der Waals surface area contributed by atoms with E-state index in [0.29, 0.717) is 22.6 Å². The third-order valence-corrected chi connectivity index (χ3v) is 5.41. The molecule has 0 unspecified atom stereocenters. The molecule has 9 heteroatoms. The molecule has 0 aliphatic carbocycles. The number of methoxy groups -OCH3 is 2. The number of imide groups is 1. The van der Waals surface area contributed by atoms with Crippen molar-refractivity contribution in [3.63, 3.8) is 0 Å². The lowest BCUT2D eigenvalue weighted by molar-refractivity contribution is 0.0642. The van der Waals surface area contributed by atoms with Gasteiger partial charge in [-0.2, -0.15) is 0 Å². The molecule has 0 atom stereocenters. The van der Waals surface area contributed by atoms with Crippen LogP contribution in [0.2, 0.25) is 0 Å². The molecule has 4 aromatic rings. The lowest BCUT2D eigenvalue weighted by Crippen LogP contribution is -2.29. The maximum atomic E-state index is 13.0. The van der Waals surface area contributed by atoms with Crippen LogP contribution in [0.15, 0.2) is 64.1 Å². The van der Waals surface area contributed by atoms with Gasteiger partial charge in [-0.05, 0) is 29.8 Å². The van der Waals surface area contributed by atoms with Crippen molar-refractivity contribution >= 4 is 22.7 Å². The number of pyridine rings is 1. The minimum absolute atomic E-state index is 0.0217. The third kappa shape index (κ3) is 3.39. The zero-order chi connectivity index (χ0) is 23.1. The summed E-state index contributed by atoms with van der Waals surface area (Å²) in [5.41, 5.74) is 1.36. The Bertz CT molecular complexity index is 1480. The fraction of sp³-hybridized carbons (Fsp3) is 0.125. The highest BCUT2D eigenvalue weighted by Gasteiger charge is 2.36. The van der Waals surface area contributed by atoms with Gasteiger partial charge in [0.25, 0.3) is 11.8 Å². The van der Waals surface area contributed by atoms with Gasteiger partial charge in [0.15, 0.2) is 11.5 Å². The van der Waals surface area contributed by atoms with E-state index in [-0.39, 0.29) is 28.9 Å². The highest BCUT2D eigenvalue weighted by atomic mass is 16.5. The lowest BCUT2D eigenvalue weighted by Gasteiger charge is -2.13. The minimum atomic E-state index is -0.614. The Hall–Kier alpha value is -4.53. The van der Waals surface area contributed by atoms with E-state index in [9.17, 15) is 14.4 Å². The van der Waals surface area contributed by atoms with Crippen molar-refractivity contribution in [1.82, 2.24) is 14.9 Å². The number of nitrogens with zero attached hydrogens (tertiary/aromatic N) is 3. The van der Waals surface area contributed by atoms with Crippen molar-refractivity contribution in [2.45, 2.75) is 6.54 Å². The fourth-order valence-corrected chi connectivity index (χ4v) is 3.76. The molecular weight excluding hydrogens is 426 g/mol. The highest BCUT2D eigenvalue weighted by molar-refractivity contribution is 6.21. The number of benzene rings is 2. The van der Waals surface area contributed by atoms with E-state index in [1.54, 1.807) is 36.7 Å². The van der Waals surface area contributed by atoms with Gasteiger partial charge in [0, 0.05) is 30.1 Å². The molecule has 0 radical (unpaired) electrons. The van der Waals surface area contributed by atoms with Crippen LogP contribution in [0.5, 0.6) is 11.5 Å². The van der Waals surface area contributed by atoms with Crippen molar-refractivity contribution in [2.24, 2.45) is 0 Å². The predicted molar refractivity (Wildman–Crippen MR) is 117 cm³/mol. The quantitative estimate of drug-likeness (QED) is 0.433. The molecule has 0 bridgehead atoms. The van der Waals surface area contributed by atoms with Crippen molar-refractivity contribution < 1.29 is 23.5 Å². The topological polar surface area (TPSA) is 112 Å². The van der Waals surface area contributed by atoms with Crippen molar-refractivity contribution in [2.75, 3.05) is 14.2 Å². The molecule has 0 fully saturated rings. The summed E-state index contributed by atoms with van der Waals surface area (Å²) in [6.07, 6.45) is 3.22.